The molecular formula is C19H20N2. The molecule has 21 heavy (non-hydrogen) atoms. The molecule has 1 aliphatic rings. The van der Waals surface area contributed by atoms with Crippen molar-refractivity contribution in [2.24, 2.45) is 0 Å². The van der Waals surface area contributed by atoms with Gasteiger partial charge in [-0.1, -0.05) is 18.2 Å². The number of fused-ring (bicyclic) bond motifs is 2. The van der Waals surface area contributed by atoms with Gasteiger partial charge in [-0.05, 0) is 67.1 Å². The number of aromatic amines is 1. The van der Waals surface area contributed by atoms with Gasteiger partial charge in [0.1, 0.15) is 0 Å². The van der Waals surface area contributed by atoms with Gasteiger partial charge in [-0.15, -0.1) is 0 Å². The van der Waals surface area contributed by atoms with Crippen LogP contribution in [0.3, 0.4) is 0 Å². The number of nitrogens with one attached hydrogen (secondary N) is 2. The van der Waals surface area contributed by atoms with Crippen molar-refractivity contribution in [2.75, 3.05) is 5.32 Å². The van der Waals surface area contributed by atoms with Crippen LogP contribution in [0.5, 0.6) is 0 Å². The number of aryl methyl sites for hydroxylation is 2. The van der Waals surface area contributed by atoms with Crippen molar-refractivity contribution in [1.82, 2.24) is 4.98 Å². The Bertz CT molecular complexity index is 785. The van der Waals surface area contributed by atoms with E-state index >= 15 is 0 Å². The summed E-state index contributed by atoms with van der Waals surface area (Å²) in [5.41, 5.74) is 6.83. The molecule has 0 radical (unpaired) electrons. The Morgan fingerprint density at radius 3 is 2.86 bits per heavy atom. The molecule has 1 aliphatic carbocycles. The van der Waals surface area contributed by atoms with Gasteiger partial charge in [0.15, 0.2) is 0 Å². The molecule has 1 aromatic heterocycles. The summed E-state index contributed by atoms with van der Waals surface area (Å²) in [6, 6.07) is 15.9. The molecule has 2 nitrogen and oxygen atoms in total. The van der Waals surface area contributed by atoms with Crippen molar-refractivity contribution < 1.29 is 0 Å². The summed E-state index contributed by atoms with van der Waals surface area (Å²) < 4.78 is 0. The zero-order chi connectivity index (χ0) is 14.2. The third kappa shape index (κ3) is 2.31. The lowest BCUT2D eigenvalue weighted by atomic mass is 10.0. The molecule has 2 N–H and O–H groups in total. The molecule has 0 fully saturated rings. The molecule has 2 aromatic carbocycles. The van der Waals surface area contributed by atoms with Gasteiger partial charge in [-0.2, -0.15) is 0 Å². The maximum absolute atomic E-state index is 3.62. The van der Waals surface area contributed by atoms with E-state index in [1.165, 1.54) is 41.4 Å². The number of benzene rings is 2. The van der Waals surface area contributed by atoms with Crippen molar-refractivity contribution in [3.05, 3.63) is 65.4 Å². The predicted molar refractivity (Wildman–Crippen MR) is 88.8 cm³/mol. The molecule has 3 aromatic rings. The molecule has 1 heterocycles. The van der Waals surface area contributed by atoms with Gasteiger partial charge in [0.25, 0.3) is 0 Å². The summed E-state index contributed by atoms with van der Waals surface area (Å²) in [6.07, 6.45) is 5.79. The second-order valence-corrected chi connectivity index (χ2v) is 6.03. The van der Waals surface area contributed by atoms with E-state index in [0.717, 1.165) is 0 Å². The fourth-order valence-electron chi connectivity index (χ4n) is 3.34. The van der Waals surface area contributed by atoms with Crippen LogP contribution in [0.25, 0.3) is 10.9 Å². The highest BCUT2D eigenvalue weighted by atomic mass is 14.9. The molecule has 1 atom stereocenters. The third-order valence-corrected chi connectivity index (χ3v) is 4.56. The number of hydrogen-bond donors (Lipinski definition) is 2. The highest BCUT2D eigenvalue weighted by Crippen LogP contribution is 2.27. The lowest BCUT2D eigenvalue weighted by Gasteiger charge is -2.17. The van der Waals surface area contributed by atoms with E-state index in [9.17, 15) is 0 Å². The third-order valence-electron chi connectivity index (χ3n) is 4.56. The smallest absolute Gasteiger partial charge is 0.0485 e. The monoisotopic (exact) mass is 276 g/mol. The Labute approximate surface area is 125 Å². The summed E-state index contributed by atoms with van der Waals surface area (Å²) in [5, 5.41) is 4.87. The zero-order valence-electron chi connectivity index (χ0n) is 12.3. The normalized spacial score (nSPS) is 15.1. The minimum Gasteiger partial charge on any atom is -0.379 e. The molecule has 0 aliphatic heterocycles. The van der Waals surface area contributed by atoms with E-state index in [-0.39, 0.29) is 0 Å². The Kier molecular flexibility index (Phi) is 2.95. The summed E-state index contributed by atoms with van der Waals surface area (Å²) >= 11 is 0. The van der Waals surface area contributed by atoms with E-state index in [2.05, 4.69) is 59.7 Å². The molecule has 4 rings (SSSR count). The van der Waals surface area contributed by atoms with Crippen LogP contribution in [0.2, 0.25) is 0 Å². The topological polar surface area (TPSA) is 27.8 Å². The van der Waals surface area contributed by atoms with Crippen molar-refractivity contribution in [2.45, 2.75) is 32.2 Å². The van der Waals surface area contributed by atoms with Crippen molar-refractivity contribution in [3.8, 4) is 0 Å². The first-order valence-corrected chi connectivity index (χ1v) is 7.75. The van der Waals surface area contributed by atoms with Gasteiger partial charge < -0.3 is 10.3 Å². The zero-order valence-corrected chi connectivity index (χ0v) is 12.3. The fourth-order valence-corrected chi connectivity index (χ4v) is 3.34. The Hall–Kier alpha value is -2.22. The van der Waals surface area contributed by atoms with E-state index in [1.807, 2.05) is 6.20 Å². The average molecular weight is 276 g/mol. The Morgan fingerprint density at radius 2 is 1.90 bits per heavy atom. The van der Waals surface area contributed by atoms with Gasteiger partial charge in [0.2, 0.25) is 0 Å². The second-order valence-electron chi connectivity index (χ2n) is 6.03. The number of aromatic nitrogens is 1. The molecular weight excluding hydrogens is 256 g/mol. The van der Waals surface area contributed by atoms with Gasteiger partial charge in [0.05, 0.1) is 0 Å². The highest BCUT2D eigenvalue weighted by molar-refractivity contribution is 5.83. The van der Waals surface area contributed by atoms with E-state index in [0.29, 0.717) is 6.04 Å². The molecule has 0 bridgehead atoms. The first kappa shape index (κ1) is 12.5. The fraction of sp³-hybridized carbons (Fsp3) is 0.263. The minimum absolute atomic E-state index is 0.326. The lowest BCUT2D eigenvalue weighted by Crippen LogP contribution is -2.07. The van der Waals surface area contributed by atoms with Crippen molar-refractivity contribution >= 4 is 16.6 Å². The number of anilines is 1. The van der Waals surface area contributed by atoms with Crippen LogP contribution in [-0.4, -0.2) is 4.98 Å². The van der Waals surface area contributed by atoms with Crippen LogP contribution in [0.4, 0.5) is 5.69 Å². The molecule has 0 spiro atoms. The summed E-state index contributed by atoms with van der Waals surface area (Å²) in [6.45, 7) is 2.23. The van der Waals surface area contributed by atoms with Crippen molar-refractivity contribution in [3.63, 3.8) is 0 Å². The highest BCUT2D eigenvalue weighted by Gasteiger charge is 2.13. The number of H-pyrrole nitrogens is 1. The maximum atomic E-state index is 3.62. The molecule has 0 saturated heterocycles. The van der Waals surface area contributed by atoms with E-state index in [4.69, 9.17) is 0 Å². The summed E-state index contributed by atoms with van der Waals surface area (Å²) in [5.74, 6) is 0. The van der Waals surface area contributed by atoms with Crippen LogP contribution in [-0.2, 0) is 12.8 Å². The molecule has 0 saturated carbocycles. The summed E-state index contributed by atoms with van der Waals surface area (Å²) in [7, 11) is 0. The Balaban J connectivity index is 1.58. The first-order chi connectivity index (χ1) is 10.3. The average Bonchev–Trinajstić information content (AvgIpc) is 3.14. The lowest BCUT2D eigenvalue weighted by molar-refractivity contribution is 0.880. The van der Waals surface area contributed by atoms with Crippen molar-refractivity contribution in [1.29, 1.82) is 0 Å². The van der Waals surface area contributed by atoms with Gasteiger partial charge in [0, 0.05) is 28.8 Å². The maximum Gasteiger partial charge on any atom is 0.0485 e. The SMILES string of the molecule is CC(Nc1ccc2[nH]ccc2c1)c1ccc2c(c1)CCC2. The molecule has 2 heteroatoms. The van der Waals surface area contributed by atoms with Gasteiger partial charge >= 0.3 is 0 Å². The number of rotatable bonds is 3. The van der Waals surface area contributed by atoms with Crippen LogP contribution in [0.15, 0.2) is 48.7 Å². The molecule has 0 amide bonds. The van der Waals surface area contributed by atoms with E-state index < -0.39 is 0 Å². The van der Waals surface area contributed by atoms with Crippen LogP contribution < -0.4 is 5.32 Å². The second kappa shape index (κ2) is 4.96. The number of hydrogen-bond acceptors (Lipinski definition) is 1. The summed E-state index contributed by atoms with van der Waals surface area (Å²) in [4.78, 5) is 3.23. The van der Waals surface area contributed by atoms with E-state index in [1.54, 1.807) is 11.1 Å². The quantitative estimate of drug-likeness (QED) is 0.704. The van der Waals surface area contributed by atoms with Gasteiger partial charge in [-0.3, -0.25) is 0 Å². The minimum atomic E-state index is 0.326. The largest absolute Gasteiger partial charge is 0.379 e. The van der Waals surface area contributed by atoms with Crippen LogP contribution >= 0.6 is 0 Å². The van der Waals surface area contributed by atoms with Gasteiger partial charge in [-0.25, -0.2) is 0 Å². The predicted octanol–water partition coefficient (Wildman–Crippen LogP) is 4.83. The Morgan fingerprint density at radius 1 is 1.00 bits per heavy atom. The van der Waals surface area contributed by atoms with Crippen LogP contribution in [0, 0.1) is 0 Å². The first-order valence-electron chi connectivity index (χ1n) is 7.75. The molecule has 1 unspecified atom stereocenters. The van der Waals surface area contributed by atoms with Crippen LogP contribution in [0.1, 0.15) is 36.1 Å². The standard InChI is InChI=1S/C19H20N2/c1-13(15-6-5-14-3-2-4-16(14)11-15)21-18-7-8-19-17(12-18)9-10-20-19/h5-13,20-21H,2-4H2,1H3. The molecule has 106 valence electrons.